The van der Waals surface area contributed by atoms with Crippen molar-refractivity contribution < 1.29 is 9.47 Å². The van der Waals surface area contributed by atoms with Crippen LogP contribution in [0.1, 0.15) is 12.8 Å². The van der Waals surface area contributed by atoms with Gasteiger partial charge in [-0.2, -0.15) is 0 Å². The molecule has 7 heteroatoms. The summed E-state index contributed by atoms with van der Waals surface area (Å²) in [5.41, 5.74) is 8.28. The lowest BCUT2D eigenvalue weighted by molar-refractivity contribution is 0.397. The molecule has 0 radical (unpaired) electrons. The number of rotatable bonds is 4. The Labute approximate surface area is 163 Å². The van der Waals surface area contributed by atoms with Crippen molar-refractivity contribution in [2.45, 2.75) is 18.9 Å². The van der Waals surface area contributed by atoms with Crippen molar-refractivity contribution in [2.75, 3.05) is 32.2 Å². The first-order valence-corrected chi connectivity index (χ1v) is 9.36. The highest BCUT2D eigenvalue weighted by molar-refractivity contribution is 5.87. The Balaban J connectivity index is 1.70. The Morgan fingerprint density at radius 2 is 1.82 bits per heavy atom. The number of ether oxygens (including phenoxy) is 2. The molecule has 0 amide bonds. The summed E-state index contributed by atoms with van der Waals surface area (Å²) in [5, 5.41) is 0.410. The van der Waals surface area contributed by atoms with Crippen molar-refractivity contribution in [3.63, 3.8) is 0 Å². The van der Waals surface area contributed by atoms with E-state index < -0.39 is 0 Å². The van der Waals surface area contributed by atoms with Gasteiger partial charge in [0.25, 0.3) is 5.56 Å². The molecule has 0 atom stereocenters. The second-order valence-corrected chi connectivity index (χ2v) is 7.01. The Morgan fingerprint density at radius 3 is 2.46 bits per heavy atom. The van der Waals surface area contributed by atoms with Crippen molar-refractivity contribution >= 4 is 16.6 Å². The number of H-pyrrole nitrogens is 1. The van der Waals surface area contributed by atoms with Crippen LogP contribution in [0.25, 0.3) is 22.3 Å². The molecule has 1 fully saturated rings. The number of nitrogens with two attached hydrogens (primary N) is 1. The van der Waals surface area contributed by atoms with Gasteiger partial charge in [0, 0.05) is 42.5 Å². The predicted octanol–water partition coefficient (Wildman–Crippen LogP) is 2.53. The molecule has 7 nitrogen and oxygen atoms in total. The Bertz CT molecular complexity index is 1040. The molecule has 3 N–H and O–H groups in total. The lowest BCUT2D eigenvalue weighted by Crippen LogP contribution is -2.39. The average molecular weight is 380 g/mol. The van der Waals surface area contributed by atoms with Crippen LogP contribution in [-0.2, 0) is 0 Å². The molecule has 1 aliphatic heterocycles. The number of hydrogen-bond donors (Lipinski definition) is 2. The van der Waals surface area contributed by atoms with Crippen LogP contribution in [0.2, 0.25) is 0 Å². The molecule has 2 aromatic carbocycles. The van der Waals surface area contributed by atoms with Gasteiger partial charge in [0.05, 0.1) is 19.7 Å². The summed E-state index contributed by atoms with van der Waals surface area (Å²) >= 11 is 0. The normalized spacial score (nSPS) is 15.0. The summed E-state index contributed by atoms with van der Waals surface area (Å²) in [6.07, 6.45) is 2.01. The minimum absolute atomic E-state index is 0.242. The van der Waals surface area contributed by atoms with E-state index in [1.165, 1.54) is 7.11 Å². The van der Waals surface area contributed by atoms with E-state index in [2.05, 4.69) is 27.0 Å². The van der Waals surface area contributed by atoms with Gasteiger partial charge in [0.15, 0.2) is 0 Å². The predicted molar refractivity (Wildman–Crippen MR) is 110 cm³/mol. The van der Waals surface area contributed by atoms with E-state index in [0.717, 1.165) is 37.2 Å². The van der Waals surface area contributed by atoms with Crippen molar-refractivity contribution in [3.05, 3.63) is 46.8 Å². The maximum atomic E-state index is 12.7. The minimum atomic E-state index is -0.242. The zero-order chi connectivity index (χ0) is 19.7. The summed E-state index contributed by atoms with van der Waals surface area (Å²) < 4.78 is 10.6. The monoisotopic (exact) mass is 380 g/mol. The molecule has 146 valence electrons. The molecule has 4 rings (SSSR count). The van der Waals surface area contributed by atoms with Gasteiger partial charge in [-0.15, -0.1) is 0 Å². The number of benzene rings is 2. The maximum Gasteiger partial charge on any atom is 0.262 e. The Kier molecular flexibility index (Phi) is 4.92. The summed E-state index contributed by atoms with van der Waals surface area (Å²) in [7, 11) is 3.09. The Hall–Kier alpha value is -3.06. The summed E-state index contributed by atoms with van der Waals surface area (Å²) in [6, 6.07) is 11.8. The number of anilines is 1. The largest absolute Gasteiger partial charge is 0.497 e. The average Bonchev–Trinajstić information content (AvgIpc) is 2.73. The van der Waals surface area contributed by atoms with Crippen LogP contribution >= 0.6 is 0 Å². The zero-order valence-corrected chi connectivity index (χ0v) is 16.1. The number of methoxy groups -OCH3 is 2. The second kappa shape index (κ2) is 7.52. The lowest BCUT2D eigenvalue weighted by Gasteiger charge is -2.32. The summed E-state index contributed by atoms with van der Waals surface area (Å²) in [6.45, 7) is 1.93. The van der Waals surface area contributed by atoms with E-state index in [9.17, 15) is 4.79 Å². The third-order valence-electron chi connectivity index (χ3n) is 5.25. The topological polar surface area (TPSA) is 93.5 Å². The molecule has 0 unspecified atom stereocenters. The van der Waals surface area contributed by atoms with Crippen LogP contribution in [0, 0.1) is 0 Å². The van der Waals surface area contributed by atoms with E-state index in [0.29, 0.717) is 34.3 Å². The van der Waals surface area contributed by atoms with Crippen LogP contribution in [0.3, 0.4) is 0 Å². The number of nitrogens with zero attached hydrogens (tertiary/aromatic N) is 2. The van der Waals surface area contributed by atoms with Gasteiger partial charge in [-0.25, -0.2) is 4.98 Å². The van der Waals surface area contributed by atoms with Crippen LogP contribution in [-0.4, -0.2) is 43.3 Å². The number of aromatic amines is 1. The number of nitrogens with one attached hydrogen (secondary N) is 1. The fourth-order valence-electron chi connectivity index (χ4n) is 3.61. The minimum Gasteiger partial charge on any atom is -0.497 e. The Morgan fingerprint density at radius 1 is 1.11 bits per heavy atom. The van der Waals surface area contributed by atoms with E-state index >= 15 is 0 Å². The second-order valence-electron chi connectivity index (χ2n) is 7.01. The summed E-state index contributed by atoms with van der Waals surface area (Å²) in [4.78, 5) is 22.5. The van der Waals surface area contributed by atoms with Crippen LogP contribution in [0.4, 0.5) is 5.69 Å². The molecule has 1 aliphatic rings. The van der Waals surface area contributed by atoms with Crippen molar-refractivity contribution in [3.8, 4) is 22.9 Å². The molecular weight excluding hydrogens is 356 g/mol. The van der Waals surface area contributed by atoms with Crippen LogP contribution < -0.4 is 25.7 Å². The first-order valence-electron chi connectivity index (χ1n) is 9.36. The number of hydrogen-bond acceptors (Lipinski definition) is 6. The first kappa shape index (κ1) is 18.3. The smallest absolute Gasteiger partial charge is 0.262 e. The van der Waals surface area contributed by atoms with Crippen molar-refractivity contribution in [1.82, 2.24) is 9.97 Å². The van der Waals surface area contributed by atoms with E-state index in [1.54, 1.807) is 19.2 Å². The number of aromatic nitrogens is 2. The van der Waals surface area contributed by atoms with E-state index in [-0.39, 0.29) is 5.56 Å². The fourth-order valence-corrected chi connectivity index (χ4v) is 3.61. The van der Waals surface area contributed by atoms with Gasteiger partial charge in [0.1, 0.15) is 22.7 Å². The molecule has 28 heavy (non-hydrogen) atoms. The van der Waals surface area contributed by atoms with E-state index in [4.69, 9.17) is 15.2 Å². The molecule has 1 saturated heterocycles. The van der Waals surface area contributed by atoms with Gasteiger partial charge in [-0.1, -0.05) is 0 Å². The standard InChI is InChI=1S/C21H24N4O3/c1-27-16-11-17-19(18(12-16)28-2)21(26)24-20(23-17)13-3-5-15(6-4-13)25-9-7-14(22)8-10-25/h3-6,11-12,14H,7-10,22H2,1-2H3,(H,23,24,26). The van der Waals surface area contributed by atoms with Crippen LogP contribution in [0.15, 0.2) is 41.2 Å². The highest BCUT2D eigenvalue weighted by Crippen LogP contribution is 2.29. The third-order valence-corrected chi connectivity index (χ3v) is 5.25. The van der Waals surface area contributed by atoms with Gasteiger partial charge in [0.2, 0.25) is 0 Å². The molecule has 0 saturated carbocycles. The molecule has 1 aromatic heterocycles. The maximum absolute atomic E-state index is 12.7. The lowest BCUT2D eigenvalue weighted by atomic mass is 10.0. The molecule has 0 aliphatic carbocycles. The number of fused-ring (bicyclic) bond motifs is 1. The third kappa shape index (κ3) is 3.41. The SMILES string of the molecule is COc1cc(OC)c2c(=O)[nH]c(-c3ccc(N4CCC(N)CC4)cc3)nc2c1. The van der Waals surface area contributed by atoms with Crippen LogP contribution in [0.5, 0.6) is 11.5 Å². The van der Waals surface area contributed by atoms with Crippen molar-refractivity contribution in [2.24, 2.45) is 5.73 Å². The quantitative estimate of drug-likeness (QED) is 0.722. The van der Waals surface area contributed by atoms with Crippen molar-refractivity contribution in [1.29, 1.82) is 0 Å². The highest BCUT2D eigenvalue weighted by atomic mass is 16.5. The summed E-state index contributed by atoms with van der Waals surface area (Å²) in [5.74, 6) is 1.54. The zero-order valence-electron chi connectivity index (χ0n) is 16.1. The fraction of sp³-hybridized carbons (Fsp3) is 0.333. The molecule has 2 heterocycles. The van der Waals surface area contributed by atoms with Gasteiger partial charge in [-0.05, 0) is 37.1 Å². The van der Waals surface area contributed by atoms with Gasteiger partial charge >= 0.3 is 0 Å². The molecule has 0 bridgehead atoms. The number of piperidine rings is 1. The molecule has 3 aromatic rings. The van der Waals surface area contributed by atoms with Gasteiger partial charge in [-0.3, -0.25) is 4.79 Å². The van der Waals surface area contributed by atoms with E-state index in [1.807, 2.05) is 12.1 Å². The van der Waals surface area contributed by atoms with Gasteiger partial charge < -0.3 is 25.1 Å². The highest BCUT2D eigenvalue weighted by Gasteiger charge is 2.17. The first-order chi connectivity index (χ1) is 13.6. The molecular formula is C21H24N4O3. The molecule has 0 spiro atoms.